The van der Waals surface area contributed by atoms with Crippen molar-refractivity contribution in [3.05, 3.63) is 76.4 Å². The predicted molar refractivity (Wildman–Crippen MR) is 86.1 cm³/mol. The van der Waals surface area contributed by atoms with Gasteiger partial charge in [-0.15, -0.1) is 0 Å². The Morgan fingerprint density at radius 2 is 1.82 bits per heavy atom. The third-order valence-electron chi connectivity index (χ3n) is 3.76. The molecule has 1 aliphatic rings. The molecule has 0 bridgehead atoms. The average molecular weight is 292 g/mol. The van der Waals surface area contributed by atoms with E-state index >= 15 is 0 Å². The summed E-state index contributed by atoms with van der Waals surface area (Å²) >= 11 is 0. The van der Waals surface area contributed by atoms with Crippen LogP contribution in [0.4, 0.5) is 0 Å². The molecule has 2 aromatic carbocycles. The van der Waals surface area contributed by atoms with Crippen LogP contribution in [0.1, 0.15) is 22.3 Å². The van der Waals surface area contributed by atoms with E-state index in [-0.39, 0.29) is 5.75 Å². The molecule has 1 N–H and O–H groups in total. The Morgan fingerprint density at radius 3 is 2.55 bits per heavy atom. The maximum absolute atomic E-state index is 12.0. The van der Waals surface area contributed by atoms with Crippen molar-refractivity contribution in [1.29, 1.82) is 0 Å². The van der Waals surface area contributed by atoms with Crippen molar-refractivity contribution in [2.75, 3.05) is 0 Å². The molecule has 1 aliphatic heterocycles. The molecule has 2 aromatic rings. The van der Waals surface area contributed by atoms with Gasteiger partial charge in [0.25, 0.3) is 0 Å². The lowest BCUT2D eigenvalue weighted by atomic mass is 10.0. The van der Waals surface area contributed by atoms with Crippen LogP contribution in [0.15, 0.2) is 54.1 Å². The molecule has 110 valence electrons. The van der Waals surface area contributed by atoms with Crippen LogP contribution in [0.3, 0.4) is 0 Å². The Kier molecular flexibility index (Phi) is 3.55. The fourth-order valence-corrected chi connectivity index (χ4v) is 2.30. The molecule has 3 nitrogen and oxygen atoms in total. The Morgan fingerprint density at radius 1 is 1.05 bits per heavy atom. The molecule has 3 heteroatoms. The minimum Gasteiger partial charge on any atom is -0.507 e. The maximum atomic E-state index is 12.0. The Labute approximate surface area is 129 Å². The molecule has 0 saturated heterocycles. The smallest absolute Gasteiger partial charge is 0.343 e. The molecule has 22 heavy (non-hydrogen) atoms. The van der Waals surface area contributed by atoms with E-state index in [1.54, 1.807) is 36.4 Å². The summed E-state index contributed by atoms with van der Waals surface area (Å²) in [4.78, 5) is 12.0. The van der Waals surface area contributed by atoms with Gasteiger partial charge in [-0.25, -0.2) is 4.79 Å². The number of para-hydroxylation sites is 1. The van der Waals surface area contributed by atoms with Gasteiger partial charge in [0.2, 0.25) is 0 Å². The van der Waals surface area contributed by atoms with Gasteiger partial charge >= 0.3 is 5.97 Å². The van der Waals surface area contributed by atoms with Gasteiger partial charge in [0.15, 0.2) is 0 Å². The van der Waals surface area contributed by atoms with Gasteiger partial charge in [-0.2, -0.15) is 0 Å². The van der Waals surface area contributed by atoms with Gasteiger partial charge in [0.1, 0.15) is 11.5 Å². The molecular weight excluding hydrogens is 276 g/mol. The van der Waals surface area contributed by atoms with Crippen LogP contribution in [-0.2, 0) is 9.53 Å². The zero-order chi connectivity index (χ0) is 15.7. The highest BCUT2D eigenvalue weighted by molar-refractivity contribution is 6.05. The Hall–Kier alpha value is -2.81. The first-order chi connectivity index (χ1) is 10.5. The van der Waals surface area contributed by atoms with Crippen molar-refractivity contribution in [3.63, 3.8) is 0 Å². The monoisotopic (exact) mass is 292 g/mol. The Balaban J connectivity index is 1.98. The third-order valence-corrected chi connectivity index (χ3v) is 3.76. The van der Waals surface area contributed by atoms with Gasteiger partial charge < -0.3 is 9.84 Å². The fourth-order valence-electron chi connectivity index (χ4n) is 2.30. The second-order valence-electron chi connectivity index (χ2n) is 5.36. The second kappa shape index (κ2) is 5.53. The normalized spacial score (nSPS) is 15.8. The van der Waals surface area contributed by atoms with E-state index in [9.17, 15) is 9.90 Å². The summed E-state index contributed by atoms with van der Waals surface area (Å²) in [5, 5.41) is 9.79. The van der Waals surface area contributed by atoms with Gasteiger partial charge in [-0.1, -0.05) is 30.3 Å². The molecule has 0 aromatic heterocycles. The van der Waals surface area contributed by atoms with Gasteiger partial charge in [0, 0.05) is 11.1 Å². The largest absolute Gasteiger partial charge is 0.507 e. The highest BCUT2D eigenvalue weighted by Crippen LogP contribution is 2.29. The third kappa shape index (κ3) is 2.66. The van der Waals surface area contributed by atoms with E-state index in [1.807, 2.05) is 32.0 Å². The van der Waals surface area contributed by atoms with Gasteiger partial charge in [-0.3, -0.25) is 0 Å². The molecule has 0 spiro atoms. The summed E-state index contributed by atoms with van der Waals surface area (Å²) in [6, 6.07) is 12.8. The number of benzene rings is 2. The summed E-state index contributed by atoms with van der Waals surface area (Å²) in [5.74, 6) is 0.266. The van der Waals surface area contributed by atoms with Crippen LogP contribution in [0.25, 0.3) is 11.8 Å². The number of aromatic hydroxyl groups is 1. The summed E-state index contributed by atoms with van der Waals surface area (Å²) in [6.07, 6.45) is 3.34. The highest BCUT2D eigenvalue weighted by atomic mass is 16.5. The standard InChI is InChI=1S/C19H16O3/c1-12-7-8-15(9-13(12)2)18-11-16(19(21)22-18)10-14-5-3-4-6-17(14)20/h3-11,20H,1-2H3/b16-10+. The summed E-state index contributed by atoms with van der Waals surface area (Å²) in [5.41, 5.74) is 4.23. The summed E-state index contributed by atoms with van der Waals surface area (Å²) < 4.78 is 5.34. The van der Waals surface area contributed by atoms with Gasteiger partial charge in [0.05, 0.1) is 5.57 Å². The average Bonchev–Trinajstić information content (AvgIpc) is 2.85. The van der Waals surface area contributed by atoms with E-state index in [2.05, 4.69) is 0 Å². The lowest BCUT2D eigenvalue weighted by molar-refractivity contribution is -0.130. The van der Waals surface area contributed by atoms with E-state index in [0.717, 1.165) is 11.1 Å². The number of phenols is 1. The van der Waals surface area contributed by atoms with Crippen molar-refractivity contribution in [2.45, 2.75) is 13.8 Å². The molecule has 3 rings (SSSR count). The van der Waals surface area contributed by atoms with Crippen LogP contribution in [-0.4, -0.2) is 11.1 Å². The molecular formula is C19H16O3. The SMILES string of the molecule is Cc1ccc(C2=C/C(=C\c3ccccc3O)C(=O)O2)cc1C. The second-order valence-corrected chi connectivity index (χ2v) is 5.36. The molecule has 0 aliphatic carbocycles. The maximum Gasteiger partial charge on any atom is 0.343 e. The number of cyclic esters (lactones) is 1. The van der Waals surface area contributed by atoms with Crippen LogP contribution in [0.5, 0.6) is 5.75 Å². The number of hydrogen-bond donors (Lipinski definition) is 1. The predicted octanol–water partition coefficient (Wildman–Crippen LogP) is 3.99. The first-order valence-electron chi connectivity index (χ1n) is 7.06. The van der Waals surface area contributed by atoms with Crippen molar-refractivity contribution in [1.82, 2.24) is 0 Å². The number of ether oxygens (including phenoxy) is 1. The number of rotatable bonds is 2. The minimum absolute atomic E-state index is 0.135. The highest BCUT2D eigenvalue weighted by Gasteiger charge is 2.22. The van der Waals surface area contributed by atoms with Crippen LogP contribution in [0.2, 0.25) is 0 Å². The zero-order valence-electron chi connectivity index (χ0n) is 12.5. The fraction of sp³-hybridized carbons (Fsp3) is 0.105. The number of esters is 1. The van der Waals surface area contributed by atoms with E-state index in [0.29, 0.717) is 16.9 Å². The lowest BCUT2D eigenvalue weighted by Gasteiger charge is -2.05. The summed E-state index contributed by atoms with van der Waals surface area (Å²) in [7, 11) is 0. The van der Waals surface area contributed by atoms with Crippen LogP contribution < -0.4 is 0 Å². The lowest BCUT2D eigenvalue weighted by Crippen LogP contribution is -1.97. The number of hydrogen-bond acceptors (Lipinski definition) is 3. The van der Waals surface area contributed by atoms with Crippen LogP contribution in [0, 0.1) is 13.8 Å². The molecule has 0 unspecified atom stereocenters. The van der Waals surface area contributed by atoms with Gasteiger partial charge in [-0.05, 0) is 49.3 Å². The first kappa shape index (κ1) is 14.1. The number of phenolic OH excluding ortho intramolecular Hbond substituents is 1. The quantitative estimate of drug-likeness (QED) is 0.672. The molecule has 1 heterocycles. The molecule has 0 amide bonds. The molecule has 0 atom stereocenters. The van der Waals surface area contributed by atoms with Crippen molar-refractivity contribution >= 4 is 17.8 Å². The van der Waals surface area contributed by atoms with Crippen molar-refractivity contribution in [2.24, 2.45) is 0 Å². The van der Waals surface area contributed by atoms with E-state index in [4.69, 9.17) is 4.74 Å². The first-order valence-corrected chi connectivity index (χ1v) is 7.06. The van der Waals surface area contributed by atoms with Crippen molar-refractivity contribution < 1.29 is 14.6 Å². The Bertz CT molecular complexity index is 813. The number of carbonyl (C=O) groups is 1. The topological polar surface area (TPSA) is 46.5 Å². The molecule has 0 fully saturated rings. The number of carbonyl (C=O) groups excluding carboxylic acids is 1. The van der Waals surface area contributed by atoms with E-state index in [1.165, 1.54) is 5.56 Å². The molecule has 0 radical (unpaired) electrons. The van der Waals surface area contributed by atoms with Crippen molar-refractivity contribution in [3.8, 4) is 5.75 Å². The number of aryl methyl sites for hydroxylation is 2. The minimum atomic E-state index is -0.406. The molecule has 0 saturated carbocycles. The van der Waals surface area contributed by atoms with Crippen LogP contribution >= 0.6 is 0 Å². The van der Waals surface area contributed by atoms with E-state index < -0.39 is 5.97 Å². The zero-order valence-corrected chi connectivity index (χ0v) is 12.5. The summed E-state index contributed by atoms with van der Waals surface area (Å²) in [6.45, 7) is 4.06.